The highest BCUT2D eigenvalue weighted by Crippen LogP contribution is 2.40. The molecule has 112 valence electrons. The fraction of sp³-hybridized carbons (Fsp3) is 0.538. The summed E-state index contributed by atoms with van der Waals surface area (Å²) in [6, 6.07) is 4.37. The molecular weight excluding hydrogens is 371 g/mol. The summed E-state index contributed by atoms with van der Waals surface area (Å²) in [4.78, 5) is 0. The Labute approximate surface area is 131 Å². The Morgan fingerprint density at radius 3 is 2.55 bits per heavy atom. The number of rotatable bonds is 5. The second-order valence-corrected chi connectivity index (χ2v) is 8.89. The van der Waals surface area contributed by atoms with Crippen LogP contribution in [0.25, 0.3) is 0 Å². The van der Waals surface area contributed by atoms with Gasteiger partial charge in [0.1, 0.15) is 11.6 Å². The molecule has 0 amide bonds. The maximum Gasteiger partial charge on any atom is 0.233 e. The van der Waals surface area contributed by atoms with Crippen LogP contribution in [0.4, 0.5) is 4.39 Å². The molecule has 0 saturated heterocycles. The number of ether oxygens (including phenoxy) is 1. The standard InChI is InChI=1S/C13H15BrClFO3S/c14-11-7-10(3-4-12(11)16)19-8-13(5-1-2-6-13)9-20(15,17)18/h3-4,7H,1-2,5-6,8-9H2. The fourth-order valence-electron chi connectivity index (χ4n) is 2.62. The molecule has 2 rings (SSSR count). The number of halogens is 3. The van der Waals surface area contributed by atoms with Gasteiger partial charge in [-0.15, -0.1) is 0 Å². The smallest absolute Gasteiger partial charge is 0.233 e. The number of hydrogen-bond acceptors (Lipinski definition) is 3. The van der Waals surface area contributed by atoms with Gasteiger partial charge in [-0.05, 0) is 47.0 Å². The maximum absolute atomic E-state index is 13.1. The SMILES string of the molecule is O=S(=O)(Cl)CC1(COc2ccc(F)c(Br)c2)CCCC1. The average Bonchev–Trinajstić information content (AvgIpc) is 2.77. The van der Waals surface area contributed by atoms with Crippen molar-refractivity contribution in [2.75, 3.05) is 12.4 Å². The van der Waals surface area contributed by atoms with Crippen molar-refractivity contribution in [2.24, 2.45) is 5.41 Å². The Balaban J connectivity index is 2.07. The molecule has 1 aromatic carbocycles. The van der Waals surface area contributed by atoms with Crippen LogP contribution in [0.1, 0.15) is 25.7 Å². The summed E-state index contributed by atoms with van der Waals surface area (Å²) < 4.78 is 41.8. The van der Waals surface area contributed by atoms with Crippen LogP contribution >= 0.6 is 26.6 Å². The molecule has 1 aliphatic carbocycles. The quantitative estimate of drug-likeness (QED) is 0.717. The summed E-state index contributed by atoms with van der Waals surface area (Å²) in [5, 5.41) is 0. The first-order valence-corrected chi connectivity index (χ1v) is 9.57. The summed E-state index contributed by atoms with van der Waals surface area (Å²) in [5.74, 6) is 0.0667. The molecule has 3 nitrogen and oxygen atoms in total. The van der Waals surface area contributed by atoms with Gasteiger partial charge in [-0.3, -0.25) is 0 Å². The largest absolute Gasteiger partial charge is 0.493 e. The van der Waals surface area contributed by atoms with Gasteiger partial charge in [-0.1, -0.05) is 12.8 Å². The van der Waals surface area contributed by atoms with Gasteiger partial charge in [0.2, 0.25) is 9.05 Å². The van der Waals surface area contributed by atoms with E-state index in [1.807, 2.05) is 0 Å². The van der Waals surface area contributed by atoms with Gasteiger partial charge in [0.05, 0.1) is 16.8 Å². The summed E-state index contributed by atoms with van der Waals surface area (Å²) >= 11 is 3.09. The van der Waals surface area contributed by atoms with Gasteiger partial charge in [0, 0.05) is 16.1 Å². The van der Waals surface area contributed by atoms with E-state index in [2.05, 4.69) is 15.9 Å². The first-order valence-electron chi connectivity index (χ1n) is 6.30. The molecule has 0 heterocycles. The van der Waals surface area contributed by atoms with Crippen LogP contribution in [0.3, 0.4) is 0 Å². The Morgan fingerprint density at radius 1 is 1.35 bits per heavy atom. The second-order valence-electron chi connectivity index (χ2n) is 5.25. The Bertz CT molecular complexity index is 585. The van der Waals surface area contributed by atoms with Crippen molar-refractivity contribution in [3.8, 4) is 5.75 Å². The van der Waals surface area contributed by atoms with E-state index in [1.54, 1.807) is 0 Å². The lowest BCUT2D eigenvalue weighted by Gasteiger charge is -2.27. The van der Waals surface area contributed by atoms with E-state index in [-0.39, 0.29) is 18.2 Å². The summed E-state index contributed by atoms with van der Waals surface area (Å²) in [6.45, 7) is 0.275. The highest BCUT2D eigenvalue weighted by atomic mass is 79.9. The molecular formula is C13H15BrClFO3S. The molecule has 0 atom stereocenters. The van der Waals surface area contributed by atoms with Gasteiger partial charge >= 0.3 is 0 Å². The molecule has 7 heteroatoms. The van der Waals surface area contributed by atoms with E-state index >= 15 is 0 Å². The summed E-state index contributed by atoms with van der Waals surface area (Å²) in [7, 11) is 1.83. The van der Waals surface area contributed by atoms with Crippen molar-refractivity contribution >= 4 is 35.7 Å². The van der Waals surface area contributed by atoms with E-state index in [4.69, 9.17) is 15.4 Å². The summed E-state index contributed by atoms with van der Waals surface area (Å²) in [5.41, 5.74) is -0.429. The second kappa shape index (κ2) is 6.20. The fourth-order valence-corrected chi connectivity index (χ4v) is 4.78. The molecule has 0 bridgehead atoms. The topological polar surface area (TPSA) is 43.4 Å². The molecule has 0 radical (unpaired) electrons. The third-order valence-electron chi connectivity index (χ3n) is 3.58. The predicted octanol–water partition coefficient (Wildman–Crippen LogP) is 4.10. The van der Waals surface area contributed by atoms with E-state index in [9.17, 15) is 12.8 Å². The molecule has 1 aliphatic rings. The zero-order valence-corrected chi connectivity index (χ0v) is 13.9. The average molecular weight is 386 g/mol. The van der Waals surface area contributed by atoms with Crippen molar-refractivity contribution in [2.45, 2.75) is 25.7 Å². The van der Waals surface area contributed by atoms with Gasteiger partial charge in [-0.2, -0.15) is 0 Å². The Morgan fingerprint density at radius 2 is 2.00 bits per heavy atom. The molecule has 0 aliphatic heterocycles. The van der Waals surface area contributed by atoms with Crippen LogP contribution in [0.5, 0.6) is 5.75 Å². The molecule has 1 saturated carbocycles. The van der Waals surface area contributed by atoms with Gasteiger partial charge in [0.15, 0.2) is 0 Å². The van der Waals surface area contributed by atoms with Crippen LogP contribution < -0.4 is 4.74 Å². The minimum Gasteiger partial charge on any atom is -0.493 e. The Hall–Kier alpha value is -0.330. The molecule has 0 spiro atoms. The van der Waals surface area contributed by atoms with E-state index in [0.717, 1.165) is 25.7 Å². The normalized spacial score (nSPS) is 18.1. The predicted molar refractivity (Wildman–Crippen MR) is 80.1 cm³/mol. The zero-order valence-electron chi connectivity index (χ0n) is 10.7. The molecule has 1 aromatic rings. The number of benzene rings is 1. The van der Waals surface area contributed by atoms with E-state index in [1.165, 1.54) is 18.2 Å². The molecule has 0 aromatic heterocycles. The van der Waals surface area contributed by atoms with Crippen LogP contribution in [0.2, 0.25) is 0 Å². The highest BCUT2D eigenvalue weighted by Gasteiger charge is 2.38. The lowest BCUT2D eigenvalue weighted by molar-refractivity contribution is 0.171. The number of hydrogen-bond donors (Lipinski definition) is 0. The monoisotopic (exact) mass is 384 g/mol. The van der Waals surface area contributed by atoms with Crippen molar-refractivity contribution < 1.29 is 17.5 Å². The van der Waals surface area contributed by atoms with E-state index < -0.39 is 14.5 Å². The maximum atomic E-state index is 13.1. The van der Waals surface area contributed by atoms with Crippen LogP contribution in [0, 0.1) is 11.2 Å². The first-order chi connectivity index (χ1) is 9.30. The Kier molecular flexibility index (Phi) is 4.97. The van der Waals surface area contributed by atoms with Crippen molar-refractivity contribution in [1.82, 2.24) is 0 Å². The minimum absolute atomic E-state index is 0.0794. The lowest BCUT2D eigenvalue weighted by Crippen LogP contribution is -2.32. The highest BCUT2D eigenvalue weighted by molar-refractivity contribution is 9.10. The van der Waals surface area contributed by atoms with E-state index in [0.29, 0.717) is 10.2 Å². The molecule has 0 unspecified atom stereocenters. The first kappa shape index (κ1) is 16.0. The van der Waals surface area contributed by atoms with Gasteiger partial charge in [-0.25, -0.2) is 12.8 Å². The minimum atomic E-state index is -3.56. The van der Waals surface area contributed by atoms with Gasteiger partial charge in [0.25, 0.3) is 0 Å². The lowest BCUT2D eigenvalue weighted by atomic mass is 9.90. The van der Waals surface area contributed by atoms with Crippen LogP contribution in [-0.2, 0) is 9.05 Å². The zero-order chi connectivity index (χ0) is 14.8. The van der Waals surface area contributed by atoms with Crippen molar-refractivity contribution in [3.63, 3.8) is 0 Å². The van der Waals surface area contributed by atoms with Crippen molar-refractivity contribution in [3.05, 3.63) is 28.5 Å². The molecule has 1 fully saturated rings. The van der Waals surface area contributed by atoms with Crippen LogP contribution in [0.15, 0.2) is 22.7 Å². The van der Waals surface area contributed by atoms with Gasteiger partial charge < -0.3 is 4.74 Å². The summed E-state index contributed by atoms with van der Waals surface area (Å²) in [6.07, 6.45) is 3.51. The third-order valence-corrected chi connectivity index (χ3v) is 5.47. The van der Waals surface area contributed by atoms with Crippen molar-refractivity contribution in [1.29, 1.82) is 0 Å². The third kappa shape index (κ3) is 4.33. The van der Waals surface area contributed by atoms with Crippen LogP contribution in [-0.4, -0.2) is 20.8 Å². The molecule has 20 heavy (non-hydrogen) atoms. The molecule has 0 N–H and O–H groups in total.